The first kappa shape index (κ1) is 14.1. The highest BCUT2D eigenvalue weighted by Crippen LogP contribution is 2.37. The Bertz CT molecular complexity index is 664. The maximum Gasteiger partial charge on any atom is 0.126 e. The first-order valence-corrected chi connectivity index (χ1v) is 7.49. The van der Waals surface area contributed by atoms with Gasteiger partial charge in [-0.25, -0.2) is 4.39 Å². The Hall–Kier alpha value is -1.87. The van der Waals surface area contributed by atoms with Crippen LogP contribution in [-0.2, 0) is 6.42 Å². The van der Waals surface area contributed by atoms with Gasteiger partial charge in [-0.2, -0.15) is 0 Å². The number of hydrogen-bond acceptors (Lipinski definition) is 2. The number of anilines is 2. The molecule has 1 atom stereocenters. The van der Waals surface area contributed by atoms with Gasteiger partial charge >= 0.3 is 0 Å². The number of fused-ring (bicyclic) bond motifs is 1. The van der Waals surface area contributed by atoms with Crippen LogP contribution in [0, 0.1) is 12.7 Å². The minimum atomic E-state index is -0.191. The van der Waals surface area contributed by atoms with Gasteiger partial charge in [-0.3, -0.25) is 0 Å². The second kappa shape index (κ2) is 5.49. The molecule has 0 unspecified atom stereocenters. The van der Waals surface area contributed by atoms with Crippen molar-refractivity contribution in [3.63, 3.8) is 0 Å². The van der Waals surface area contributed by atoms with E-state index in [0.29, 0.717) is 5.56 Å². The van der Waals surface area contributed by atoms with Crippen LogP contribution in [0.4, 0.5) is 15.8 Å². The third-order valence-corrected chi connectivity index (χ3v) is 4.20. The number of aryl methyl sites for hydroxylation is 2. The Balaban J connectivity index is 2.15. The van der Waals surface area contributed by atoms with E-state index in [1.165, 1.54) is 11.3 Å². The van der Waals surface area contributed by atoms with Crippen LogP contribution in [0.25, 0.3) is 0 Å². The molecule has 0 saturated heterocycles. The van der Waals surface area contributed by atoms with E-state index in [1.54, 1.807) is 13.0 Å². The summed E-state index contributed by atoms with van der Waals surface area (Å²) in [5.41, 5.74) is 11.2. The molecule has 2 aromatic carbocycles. The van der Waals surface area contributed by atoms with Gasteiger partial charge in [0.05, 0.1) is 0 Å². The summed E-state index contributed by atoms with van der Waals surface area (Å²) in [4.78, 5) is 2.28. The zero-order chi connectivity index (χ0) is 15.0. The van der Waals surface area contributed by atoms with E-state index in [4.69, 9.17) is 5.73 Å². The fourth-order valence-corrected chi connectivity index (χ4v) is 3.06. The Morgan fingerprint density at radius 1 is 1.19 bits per heavy atom. The lowest BCUT2D eigenvalue weighted by atomic mass is 9.97. The SMILES string of the molecule is Cc1cc(N2CCCc3ccccc32)c([C@H](C)N)cc1F. The summed E-state index contributed by atoms with van der Waals surface area (Å²) >= 11 is 0. The monoisotopic (exact) mass is 284 g/mol. The molecule has 21 heavy (non-hydrogen) atoms. The van der Waals surface area contributed by atoms with E-state index in [-0.39, 0.29) is 11.9 Å². The highest BCUT2D eigenvalue weighted by molar-refractivity contribution is 5.71. The molecule has 0 radical (unpaired) electrons. The number of rotatable bonds is 2. The Labute approximate surface area is 125 Å². The van der Waals surface area contributed by atoms with E-state index in [9.17, 15) is 4.39 Å². The van der Waals surface area contributed by atoms with E-state index >= 15 is 0 Å². The highest BCUT2D eigenvalue weighted by Gasteiger charge is 2.22. The van der Waals surface area contributed by atoms with Crippen molar-refractivity contribution in [2.24, 2.45) is 5.73 Å². The molecule has 3 rings (SSSR count). The second-order valence-corrected chi connectivity index (χ2v) is 5.83. The van der Waals surface area contributed by atoms with Gasteiger partial charge in [-0.05, 0) is 61.6 Å². The number of halogens is 1. The lowest BCUT2D eigenvalue weighted by molar-refractivity contribution is 0.612. The summed E-state index contributed by atoms with van der Waals surface area (Å²) in [6.45, 7) is 4.66. The highest BCUT2D eigenvalue weighted by atomic mass is 19.1. The van der Waals surface area contributed by atoms with E-state index in [0.717, 1.165) is 30.6 Å². The Kier molecular flexibility index (Phi) is 3.68. The third kappa shape index (κ3) is 2.54. The zero-order valence-corrected chi connectivity index (χ0v) is 12.6. The van der Waals surface area contributed by atoms with E-state index < -0.39 is 0 Å². The molecule has 1 aliphatic heterocycles. The molecular formula is C18H21FN2. The number of para-hydroxylation sites is 1. The molecule has 0 saturated carbocycles. The molecule has 0 amide bonds. The number of benzene rings is 2. The first-order valence-electron chi connectivity index (χ1n) is 7.49. The molecule has 1 heterocycles. The van der Waals surface area contributed by atoms with Crippen molar-refractivity contribution >= 4 is 11.4 Å². The van der Waals surface area contributed by atoms with Gasteiger partial charge in [0.2, 0.25) is 0 Å². The van der Waals surface area contributed by atoms with Crippen molar-refractivity contribution in [2.45, 2.75) is 32.7 Å². The van der Waals surface area contributed by atoms with Crippen LogP contribution in [0.3, 0.4) is 0 Å². The quantitative estimate of drug-likeness (QED) is 0.893. The predicted molar refractivity (Wildman–Crippen MR) is 85.5 cm³/mol. The van der Waals surface area contributed by atoms with Crippen molar-refractivity contribution in [3.8, 4) is 0 Å². The lowest BCUT2D eigenvalue weighted by Gasteiger charge is -2.33. The standard InChI is InChI=1S/C18H21FN2/c1-12-10-18(15(13(2)20)11-16(12)19)21-9-5-7-14-6-3-4-8-17(14)21/h3-4,6,8,10-11,13H,5,7,9,20H2,1-2H3/t13-/m0/s1. The summed E-state index contributed by atoms with van der Waals surface area (Å²) in [7, 11) is 0. The van der Waals surface area contributed by atoms with Crippen LogP contribution in [0.5, 0.6) is 0 Å². The molecule has 1 aliphatic rings. The van der Waals surface area contributed by atoms with Gasteiger partial charge in [0, 0.05) is 24.0 Å². The largest absolute Gasteiger partial charge is 0.341 e. The van der Waals surface area contributed by atoms with Gasteiger partial charge in [0.1, 0.15) is 5.82 Å². The molecule has 2 aromatic rings. The smallest absolute Gasteiger partial charge is 0.126 e. The summed E-state index contributed by atoms with van der Waals surface area (Å²) in [6.07, 6.45) is 2.20. The molecule has 3 heteroatoms. The Morgan fingerprint density at radius 2 is 1.95 bits per heavy atom. The van der Waals surface area contributed by atoms with Crippen LogP contribution in [-0.4, -0.2) is 6.54 Å². The van der Waals surface area contributed by atoms with E-state index in [2.05, 4.69) is 29.2 Å². The Morgan fingerprint density at radius 3 is 2.71 bits per heavy atom. The molecule has 0 bridgehead atoms. The molecule has 110 valence electrons. The van der Waals surface area contributed by atoms with Gasteiger partial charge < -0.3 is 10.6 Å². The average molecular weight is 284 g/mol. The van der Waals surface area contributed by atoms with Gasteiger partial charge in [0.25, 0.3) is 0 Å². The molecule has 2 nitrogen and oxygen atoms in total. The zero-order valence-electron chi connectivity index (χ0n) is 12.6. The summed E-state index contributed by atoms with van der Waals surface area (Å²) in [5, 5.41) is 0. The summed E-state index contributed by atoms with van der Waals surface area (Å²) in [5.74, 6) is -0.184. The number of hydrogen-bond donors (Lipinski definition) is 1. The minimum absolute atomic E-state index is 0.184. The summed E-state index contributed by atoms with van der Waals surface area (Å²) in [6, 6.07) is 11.8. The van der Waals surface area contributed by atoms with Crippen LogP contribution >= 0.6 is 0 Å². The fraction of sp³-hybridized carbons (Fsp3) is 0.333. The predicted octanol–water partition coefficient (Wildman–Crippen LogP) is 4.24. The van der Waals surface area contributed by atoms with Crippen molar-refractivity contribution in [3.05, 3.63) is 58.9 Å². The van der Waals surface area contributed by atoms with Crippen LogP contribution < -0.4 is 10.6 Å². The van der Waals surface area contributed by atoms with Gasteiger partial charge in [-0.15, -0.1) is 0 Å². The van der Waals surface area contributed by atoms with Crippen molar-refractivity contribution < 1.29 is 4.39 Å². The van der Waals surface area contributed by atoms with Crippen LogP contribution in [0.2, 0.25) is 0 Å². The molecule has 2 N–H and O–H groups in total. The van der Waals surface area contributed by atoms with Crippen molar-refractivity contribution in [2.75, 3.05) is 11.4 Å². The third-order valence-electron chi connectivity index (χ3n) is 4.20. The van der Waals surface area contributed by atoms with Crippen LogP contribution in [0.1, 0.15) is 36.1 Å². The van der Waals surface area contributed by atoms with E-state index in [1.807, 2.05) is 13.0 Å². The maximum atomic E-state index is 13.9. The van der Waals surface area contributed by atoms with Crippen molar-refractivity contribution in [1.82, 2.24) is 0 Å². The maximum absolute atomic E-state index is 13.9. The molecular weight excluding hydrogens is 263 g/mol. The summed E-state index contributed by atoms with van der Waals surface area (Å²) < 4.78 is 13.9. The van der Waals surface area contributed by atoms with Crippen LogP contribution in [0.15, 0.2) is 36.4 Å². The van der Waals surface area contributed by atoms with Gasteiger partial charge in [-0.1, -0.05) is 18.2 Å². The molecule has 0 fully saturated rings. The normalized spacial score (nSPS) is 15.7. The molecule has 0 aromatic heterocycles. The second-order valence-electron chi connectivity index (χ2n) is 5.83. The number of nitrogens with two attached hydrogens (primary N) is 1. The molecule has 0 spiro atoms. The molecule has 0 aliphatic carbocycles. The van der Waals surface area contributed by atoms with Crippen molar-refractivity contribution in [1.29, 1.82) is 0 Å². The first-order chi connectivity index (χ1) is 10.1. The topological polar surface area (TPSA) is 29.3 Å². The van der Waals surface area contributed by atoms with Gasteiger partial charge in [0.15, 0.2) is 0 Å². The number of nitrogens with zero attached hydrogens (tertiary/aromatic N) is 1. The fourth-order valence-electron chi connectivity index (χ4n) is 3.06. The minimum Gasteiger partial charge on any atom is -0.341 e. The lowest BCUT2D eigenvalue weighted by Crippen LogP contribution is -2.26. The average Bonchev–Trinajstić information content (AvgIpc) is 2.49.